The van der Waals surface area contributed by atoms with Gasteiger partial charge in [-0.3, -0.25) is 4.79 Å². The van der Waals surface area contributed by atoms with Crippen molar-refractivity contribution in [2.45, 2.75) is 39.2 Å². The summed E-state index contributed by atoms with van der Waals surface area (Å²) in [5.41, 5.74) is 5.71. The van der Waals surface area contributed by atoms with Crippen molar-refractivity contribution in [3.8, 4) is 0 Å². The van der Waals surface area contributed by atoms with Gasteiger partial charge in [-0.25, -0.2) is 13.1 Å². The standard InChI is InChI=1S/C13H27N3O3S/c1-10(2)7-11(8-14)13(17)16-6-4-5-12(9-16)15-20(3,18)19/h10-12,15H,4-9,14H2,1-3H3. The number of rotatable bonds is 6. The molecule has 0 saturated carbocycles. The highest BCUT2D eigenvalue weighted by molar-refractivity contribution is 7.88. The number of nitrogens with one attached hydrogen (secondary N) is 1. The van der Waals surface area contributed by atoms with Gasteiger partial charge in [0.15, 0.2) is 0 Å². The fraction of sp³-hybridized carbons (Fsp3) is 0.923. The lowest BCUT2D eigenvalue weighted by molar-refractivity contribution is -0.137. The molecule has 2 atom stereocenters. The maximum atomic E-state index is 12.4. The number of carbonyl (C=O) groups is 1. The van der Waals surface area contributed by atoms with E-state index < -0.39 is 10.0 Å². The van der Waals surface area contributed by atoms with Crippen molar-refractivity contribution in [2.75, 3.05) is 25.9 Å². The summed E-state index contributed by atoms with van der Waals surface area (Å²) < 4.78 is 25.1. The van der Waals surface area contributed by atoms with Gasteiger partial charge in [-0.05, 0) is 25.2 Å². The van der Waals surface area contributed by atoms with E-state index in [1.165, 1.54) is 0 Å². The summed E-state index contributed by atoms with van der Waals surface area (Å²) in [4.78, 5) is 14.2. The van der Waals surface area contributed by atoms with Gasteiger partial charge >= 0.3 is 0 Å². The van der Waals surface area contributed by atoms with E-state index in [0.717, 1.165) is 25.5 Å². The van der Waals surface area contributed by atoms with Crippen LogP contribution in [-0.4, -0.2) is 51.2 Å². The number of nitrogens with two attached hydrogens (primary N) is 1. The monoisotopic (exact) mass is 305 g/mol. The lowest BCUT2D eigenvalue weighted by Crippen LogP contribution is -2.51. The quantitative estimate of drug-likeness (QED) is 0.730. The Bertz CT molecular complexity index is 423. The van der Waals surface area contributed by atoms with Crippen LogP contribution in [0.25, 0.3) is 0 Å². The minimum absolute atomic E-state index is 0.0567. The van der Waals surface area contributed by atoms with Crippen LogP contribution in [0.3, 0.4) is 0 Å². The van der Waals surface area contributed by atoms with E-state index in [0.29, 0.717) is 25.6 Å². The van der Waals surface area contributed by atoms with E-state index in [-0.39, 0.29) is 17.9 Å². The summed E-state index contributed by atoms with van der Waals surface area (Å²) in [6.07, 6.45) is 3.51. The predicted octanol–water partition coefficient (Wildman–Crippen LogP) is 0.148. The second-order valence-corrected chi connectivity index (χ2v) is 7.86. The molecule has 0 aromatic carbocycles. The van der Waals surface area contributed by atoms with Crippen LogP contribution in [0, 0.1) is 11.8 Å². The van der Waals surface area contributed by atoms with E-state index >= 15 is 0 Å². The van der Waals surface area contributed by atoms with Gasteiger partial charge in [-0.1, -0.05) is 13.8 Å². The molecule has 7 heteroatoms. The topological polar surface area (TPSA) is 92.5 Å². The molecule has 0 aromatic rings. The minimum Gasteiger partial charge on any atom is -0.341 e. The molecular weight excluding hydrogens is 278 g/mol. The van der Waals surface area contributed by atoms with Crippen molar-refractivity contribution >= 4 is 15.9 Å². The van der Waals surface area contributed by atoms with Crippen molar-refractivity contribution in [3.63, 3.8) is 0 Å². The van der Waals surface area contributed by atoms with Crippen LogP contribution in [0.2, 0.25) is 0 Å². The second kappa shape index (κ2) is 7.38. The Morgan fingerprint density at radius 3 is 2.60 bits per heavy atom. The summed E-state index contributed by atoms with van der Waals surface area (Å²) in [6.45, 7) is 5.62. The summed E-state index contributed by atoms with van der Waals surface area (Å²) >= 11 is 0. The highest BCUT2D eigenvalue weighted by Crippen LogP contribution is 2.18. The first-order chi connectivity index (χ1) is 9.23. The van der Waals surface area contributed by atoms with E-state index in [4.69, 9.17) is 5.73 Å². The van der Waals surface area contributed by atoms with Crippen molar-refractivity contribution in [2.24, 2.45) is 17.6 Å². The lowest BCUT2D eigenvalue weighted by atomic mass is 9.94. The average molecular weight is 305 g/mol. The van der Waals surface area contributed by atoms with Crippen molar-refractivity contribution < 1.29 is 13.2 Å². The largest absolute Gasteiger partial charge is 0.341 e. The van der Waals surface area contributed by atoms with E-state index in [1.807, 2.05) is 0 Å². The van der Waals surface area contributed by atoms with Gasteiger partial charge in [0.2, 0.25) is 15.9 Å². The Kier molecular flexibility index (Phi) is 6.42. The number of carbonyl (C=O) groups excluding carboxylic acids is 1. The molecule has 0 radical (unpaired) electrons. The predicted molar refractivity (Wildman–Crippen MR) is 79.6 cm³/mol. The molecule has 1 saturated heterocycles. The Morgan fingerprint density at radius 1 is 1.45 bits per heavy atom. The molecule has 0 bridgehead atoms. The number of likely N-dealkylation sites (tertiary alicyclic amines) is 1. The van der Waals surface area contributed by atoms with Crippen LogP contribution in [-0.2, 0) is 14.8 Å². The summed E-state index contributed by atoms with van der Waals surface area (Å²) in [7, 11) is -3.23. The molecule has 20 heavy (non-hydrogen) atoms. The van der Waals surface area contributed by atoms with Crippen LogP contribution >= 0.6 is 0 Å². The molecule has 1 aliphatic heterocycles. The van der Waals surface area contributed by atoms with E-state index in [1.54, 1.807) is 4.90 Å². The third-order valence-corrected chi connectivity index (χ3v) is 4.26. The number of sulfonamides is 1. The molecule has 1 fully saturated rings. The summed E-state index contributed by atoms with van der Waals surface area (Å²) in [5, 5.41) is 0. The number of piperidine rings is 1. The molecule has 1 amide bonds. The first kappa shape index (κ1) is 17.4. The molecule has 6 nitrogen and oxygen atoms in total. The first-order valence-electron chi connectivity index (χ1n) is 7.19. The van der Waals surface area contributed by atoms with Crippen molar-refractivity contribution in [1.82, 2.24) is 9.62 Å². The number of amides is 1. The van der Waals surface area contributed by atoms with E-state index in [2.05, 4.69) is 18.6 Å². The highest BCUT2D eigenvalue weighted by atomic mass is 32.2. The molecule has 0 spiro atoms. The SMILES string of the molecule is CC(C)CC(CN)C(=O)N1CCCC(NS(C)(=O)=O)C1. The fourth-order valence-electron chi connectivity index (χ4n) is 2.70. The van der Waals surface area contributed by atoms with Crippen LogP contribution in [0.5, 0.6) is 0 Å². The summed E-state index contributed by atoms with van der Waals surface area (Å²) in [6, 6.07) is -0.180. The maximum Gasteiger partial charge on any atom is 0.227 e. The Labute approximate surface area is 122 Å². The van der Waals surface area contributed by atoms with Gasteiger partial charge in [0, 0.05) is 25.7 Å². The van der Waals surface area contributed by atoms with Gasteiger partial charge < -0.3 is 10.6 Å². The van der Waals surface area contributed by atoms with Gasteiger partial charge in [-0.2, -0.15) is 0 Å². The highest BCUT2D eigenvalue weighted by Gasteiger charge is 2.29. The van der Waals surface area contributed by atoms with Gasteiger partial charge in [0.1, 0.15) is 0 Å². The van der Waals surface area contributed by atoms with Gasteiger partial charge in [0.05, 0.1) is 12.2 Å². The maximum absolute atomic E-state index is 12.4. The molecule has 0 aliphatic carbocycles. The van der Waals surface area contributed by atoms with Crippen LogP contribution in [0.4, 0.5) is 0 Å². The molecular formula is C13H27N3O3S. The zero-order chi connectivity index (χ0) is 15.3. The minimum atomic E-state index is -3.23. The number of hydrogen-bond acceptors (Lipinski definition) is 4. The molecule has 118 valence electrons. The van der Waals surface area contributed by atoms with Crippen molar-refractivity contribution in [3.05, 3.63) is 0 Å². The van der Waals surface area contributed by atoms with Crippen LogP contribution in [0.1, 0.15) is 33.1 Å². The third-order valence-electron chi connectivity index (χ3n) is 3.50. The molecule has 1 heterocycles. The molecule has 2 unspecified atom stereocenters. The first-order valence-corrected chi connectivity index (χ1v) is 9.08. The molecule has 0 aromatic heterocycles. The lowest BCUT2D eigenvalue weighted by Gasteiger charge is -2.35. The number of nitrogens with zero attached hydrogens (tertiary/aromatic N) is 1. The second-order valence-electron chi connectivity index (χ2n) is 6.08. The van der Waals surface area contributed by atoms with Gasteiger partial charge in [-0.15, -0.1) is 0 Å². The molecule has 1 aliphatic rings. The molecule has 1 rings (SSSR count). The van der Waals surface area contributed by atoms with E-state index in [9.17, 15) is 13.2 Å². The van der Waals surface area contributed by atoms with Crippen molar-refractivity contribution in [1.29, 1.82) is 0 Å². The Balaban J connectivity index is 2.63. The van der Waals surface area contributed by atoms with Crippen LogP contribution < -0.4 is 10.5 Å². The normalized spacial score (nSPS) is 22.1. The third kappa shape index (κ3) is 5.76. The smallest absolute Gasteiger partial charge is 0.227 e. The van der Waals surface area contributed by atoms with Gasteiger partial charge in [0.25, 0.3) is 0 Å². The Hall–Kier alpha value is -0.660. The van der Waals surface area contributed by atoms with Crippen LogP contribution in [0.15, 0.2) is 0 Å². The molecule has 3 N–H and O–H groups in total. The summed E-state index contributed by atoms with van der Waals surface area (Å²) in [5.74, 6) is 0.315. The number of hydrogen-bond donors (Lipinski definition) is 2. The Morgan fingerprint density at radius 2 is 2.10 bits per heavy atom. The fourth-order valence-corrected chi connectivity index (χ4v) is 3.50. The zero-order valence-electron chi connectivity index (χ0n) is 12.6. The zero-order valence-corrected chi connectivity index (χ0v) is 13.4. The average Bonchev–Trinajstić information content (AvgIpc) is 2.33.